The van der Waals surface area contributed by atoms with Crippen LogP contribution in [0.5, 0.6) is 0 Å². The lowest BCUT2D eigenvalue weighted by Crippen LogP contribution is -2.39. The van der Waals surface area contributed by atoms with Gasteiger partial charge in [0.2, 0.25) is 17.7 Å². The molecule has 0 aromatic heterocycles. The van der Waals surface area contributed by atoms with Crippen LogP contribution < -0.4 is 21.7 Å². The molecule has 144 valence electrons. The number of hydrogen-bond acceptors (Lipinski definition) is 4. The predicted molar refractivity (Wildman–Crippen MR) is 103 cm³/mol. The summed E-state index contributed by atoms with van der Waals surface area (Å²) >= 11 is 0. The Kier molecular flexibility index (Phi) is 9.69. The van der Waals surface area contributed by atoms with Gasteiger partial charge >= 0.3 is 0 Å². The predicted octanol–water partition coefficient (Wildman–Crippen LogP) is 1.32. The average Bonchev–Trinajstić information content (AvgIpc) is 2.65. The van der Waals surface area contributed by atoms with Crippen LogP contribution in [0.3, 0.4) is 0 Å². The van der Waals surface area contributed by atoms with Crippen LogP contribution in [0.4, 0.5) is 5.69 Å². The van der Waals surface area contributed by atoms with Gasteiger partial charge in [-0.2, -0.15) is 0 Å². The molecular formula is C18H27ClN4O3. The highest BCUT2D eigenvalue weighted by Gasteiger charge is 2.21. The second kappa shape index (κ2) is 11.5. The molecule has 26 heavy (non-hydrogen) atoms. The molecule has 8 heteroatoms. The SMILES string of the molecule is Cl.NCC(=O)NCC(=O)NCc1cccc(NC(=O)C2CCCCC2)c1. The van der Waals surface area contributed by atoms with Crippen LogP contribution in [0.25, 0.3) is 0 Å². The highest BCUT2D eigenvalue weighted by atomic mass is 35.5. The van der Waals surface area contributed by atoms with Crippen LogP contribution in [-0.2, 0) is 20.9 Å². The van der Waals surface area contributed by atoms with Crippen molar-refractivity contribution in [2.24, 2.45) is 11.7 Å². The first-order valence-electron chi connectivity index (χ1n) is 8.71. The van der Waals surface area contributed by atoms with Gasteiger partial charge in [-0.25, -0.2) is 0 Å². The zero-order chi connectivity index (χ0) is 18.1. The van der Waals surface area contributed by atoms with Crippen molar-refractivity contribution in [2.75, 3.05) is 18.4 Å². The van der Waals surface area contributed by atoms with E-state index in [1.807, 2.05) is 24.3 Å². The summed E-state index contributed by atoms with van der Waals surface area (Å²) in [5.41, 5.74) is 6.77. The molecule has 3 amide bonds. The molecule has 1 saturated carbocycles. The van der Waals surface area contributed by atoms with Gasteiger partial charge in [-0.1, -0.05) is 31.4 Å². The number of nitrogens with one attached hydrogen (secondary N) is 3. The summed E-state index contributed by atoms with van der Waals surface area (Å²) in [6.07, 6.45) is 5.35. The van der Waals surface area contributed by atoms with Crippen LogP contribution in [-0.4, -0.2) is 30.8 Å². The third kappa shape index (κ3) is 7.41. The van der Waals surface area contributed by atoms with Crippen molar-refractivity contribution in [2.45, 2.75) is 38.6 Å². The molecule has 7 nitrogen and oxygen atoms in total. The van der Waals surface area contributed by atoms with Gasteiger partial charge in [0.25, 0.3) is 0 Å². The zero-order valence-electron chi connectivity index (χ0n) is 14.8. The van der Waals surface area contributed by atoms with Gasteiger partial charge in [0.05, 0.1) is 13.1 Å². The summed E-state index contributed by atoms with van der Waals surface area (Å²) in [5.74, 6) is -0.491. The number of halogens is 1. The lowest BCUT2D eigenvalue weighted by atomic mass is 9.88. The van der Waals surface area contributed by atoms with Crippen molar-refractivity contribution in [3.63, 3.8) is 0 Å². The minimum absolute atomic E-state index is 0. The Morgan fingerprint density at radius 1 is 1.04 bits per heavy atom. The van der Waals surface area contributed by atoms with Crippen molar-refractivity contribution in [3.8, 4) is 0 Å². The fraction of sp³-hybridized carbons (Fsp3) is 0.500. The summed E-state index contributed by atoms with van der Waals surface area (Å²) < 4.78 is 0. The molecule has 1 aromatic carbocycles. The van der Waals surface area contributed by atoms with Crippen LogP contribution >= 0.6 is 12.4 Å². The van der Waals surface area contributed by atoms with E-state index in [0.29, 0.717) is 6.54 Å². The number of hydrogen-bond donors (Lipinski definition) is 4. The lowest BCUT2D eigenvalue weighted by molar-refractivity contribution is -0.125. The van der Waals surface area contributed by atoms with E-state index in [-0.39, 0.29) is 49.1 Å². The average molecular weight is 383 g/mol. The second-order valence-corrected chi connectivity index (χ2v) is 6.28. The normalized spacial score (nSPS) is 14.0. The van der Waals surface area contributed by atoms with Crippen molar-refractivity contribution < 1.29 is 14.4 Å². The standard InChI is InChI=1S/C18H26N4O3.ClH/c19-10-16(23)21-12-17(24)20-11-13-5-4-8-15(9-13)22-18(25)14-6-2-1-3-7-14;/h4-5,8-9,14H,1-3,6-7,10-12,19H2,(H,20,24)(H,21,23)(H,22,25);1H. The molecule has 0 unspecified atom stereocenters. The Balaban J connectivity index is 0.00000338. The molecule has 0 heterocycles. The molecule has 0 spiro atoms. The van der Waals surface area contributed by atoms with Gasteiger partial charge < -0.3 is 21.7 Å². The zero-order valence-corrected chi connectivity index (χ0v) is 15.6. The van der Waals surface area contributed by atoms with E-state index in [4.69, 9.17) is 5.73 Å². The van der Waals surface area contributed by atoms with E-state index in [1.165, 1.54) is 6.42 Å². The third-order valence-corrected chi connectivity index (χ3v) is 4.29. The monoisotopic (exact) mass is 382 g/mol. The topological polar surface area (TPSA) is 113 Å². The molecule has 1 aliphatic rings. The molecular weight excluding hydrogens is 356 g/mol. The minimum atomic E-state index is -0.373. The molecule has 0 radical (unpaired) electrons. The summed E-state index contributed by atoms with van der Waals surface area (Å²) in [7, 11) is 0. The van der Waals surface area contributed by atoms with Gasteiger partial charge in [0, 0.05) is 18.2 Å². The minimum Gasteiger partial charge on any atom is -0.350 e. The molecule has 2 rings (SSSR count). The largest absolute Gasteiger partial charge is 0.350 e. The maximum atomic E-state index is 12.3. The summed E-state index contributed by atoms with van der Waals surface area (Å²) in [4.78, 5) is 35.0. The Hall–Kier alpha value is -2.12. The Bertz CT molecular complexity index is 618. The van der Waals surface area contributed by atoms with E-state index in [2.05, 4.69) is 16.0 Å². The maximum Gasteiger partial charge on any atom is 0.239 e. The number of rotatable bonds is 7. The Labute approximate surface area is 159 Å². The van der Waals surface area contributed by atoms with E-state index >= 15 is 0 Å². The molecule has 0 aliphatic heterocycles. The van der Waals surface area contributed by atoms with Crippen molar-refractivity contribution in [3.05, 3.63) is 29.8 Å². The first kappa shape index (κ1) is 21.9. The quantitative estimate of drug-likeness (QED) is 0.569. The van der Waals surface area contributed by atoms with Crippen LogP contribution in [0, 0.1) is 5.92 Å². The molecule has 0 bridgehead atoms. The van der Waals surface area contributed by atoms with Gasteiger partial charge in [-0.05, 0) is 30.5 Å². The number of benzene rings is 1. The number of carbonyl (C=O) groups excluding carboxylic acids is 3. The van der Waals surface area contributed by atoms with Crippen LogP contribution in [0.2, 0.25) is 0 Å². The first-order chi connectivity index (χ1) is 12.1. The number of nitrogens with two attached hydrogens (primary N) is 1. The molecule has 1 fully saturated rings. The van der Waals surface area contributed by atoms with E-state index in [0.717, 1.165) is 36.9 Å². The lowest BCUT2D eigenvalue weighted by Gasteiger charge is -2.20. The molecule has 0 atom stereocenters. The maximum absolute atomic E-state index is 12.3. The van der Waals surface area contributed by atoms with Gasteiger partial charge in [-0.3, -0.25) is 14.4 Å². The van der Waals surface area contributed by atoms with Gasteiger partial charge in [0.1, 0.15) is 0 Å². The van der Waals surface area contributed by atoms with Crippen molar-refractivity contribution >= 4 is 35.8 Å². The smallest absolute Gasteiger partial charge is 0.239 e. The van der Waals surface area contributed by atoms with Gasteiger partial charge in [-0.15, -0.1) is 12.4 Å². The fourth-order valence-electron chi connectivity index (χ4n) is 2.88. The Morgan fingerprint density at radius 3 is 2.46 bits per heavy atom. The fourth-order valence-corrected chi connectivity index (χ4v) is 2.88. The van der Waals surface area contributed by atoms with Crippen molar-refractivity contribution in [1.82, 2.24) is 10.6 Å². The first-order valence-corrected chi connectivity index (χ1v) is 8.71. The van der Waals surface area contributed by atoms with Crippen molar-refractivity contribution in [1.29, 1.82) is 0 Å². The van der Waals surface area contributed by atoms with E-state index in [9.17, 15) is 14.4 Å². The molecule has 0 saturated heterocycles. The highest BCUT2D eigenvalue weighted by molar-refractivity contribution is 5.92. The summed E-state index contributed by atoms with van der Waals surface area (Å²) in [6, 6.07) is 7.40. The molecule has 1 aliphatic carbocycles. The number of anilines is 1. The second-order valence-electron chi connectivity index (χ2n) is 6.28. The van der Waals surface area contributed by atoms with Crippen LogP contribution in [0.15, 0.2) is 24.3 Å². The molecule has 5 N–H and O–H groups in total. The molecule has 1 aromatic rings. The Morgan fingerprint density at radius 2 is 1.77 bits per heavy atom. The third-order valence-electron chi connectivity index (χ3n) is 4.29. The van der Waals surface area contributed by atoms with E-state index < -0.39 is 0 Å². The number of amides is 3. The summed E-state index contributed by atoms with van der Waals surface area (Å²) in [5, 5.41) is 8.09. The highest BCUT2D eigenvalue weighted by Crippen LogP contribution is 2.25. The van der Waals surface area contributed by atoms with Crippen LogP contribution in [0.1, 0.15) is 37.7 Å². The summed E-state index contributed by atoms with van der Waals surface area (Å²) in [6.45, 7) is 0.0780. The van der Waals surface area contributed by atoms with E-state index in [1.54, 1.807) is 0 Å². The number of carbonyl (C=O) groups is 3. The van der Waals surface area contributed by atoms with Gasteiger partial charge in [0.15, 0.2) is 0 Å².